The number of carbonyl (C=O) groups excluding carboxylic acids is 3. The molecule has 3 fully saturated rings. The lowest BCUT2D eigenvalue weighted by atomic mass is 9.49. The Morgan fingerprint density at radius 2 is 1.71 bits per heavy atom. The number of unbranched alkanes of at least 4 members (excludes halogenated alkanes) is 2. The Labute approximate surface area is 333 Å². The van der Waals surface area contributed by atoms with Crippen molar-refractivity contribution in [1.82, 2.24) is 30.8 Å². The van der Waals surface area contributed by atoms with Gasteiger partial charge in [-0.25, -0.2) is 9.97 Å². The Bertz CT molecular complexity index is 1940. The summed E-state index contributed by atoms with van der Waals surface area (Å²) in [5, 5.41) is 18.2. The molecule has 0 spiro atoms. The van der Waals surface area contributed by atoms with E-state index in [1.54, 1.807) is 36.5 Å². The van der Waals surface area contributed by atoms with E-state index >= 15 is 0 Å². The summed E-state index contributed by atoms with van der Waals surface area (Å²) in [6.45, 7) is 17.3. The smallest absolute Gasteiger partial charge is 0.270 e. The van der Waals surface area contributed by atoms with Gasteiger partial charge in [0.15, 0.2) is 0 Å². The first-order chi connectivity index (χ1) is 26.8. The zero-order valence-electron chi connectivity index (χ0n) is 32.6. The number of halogens is 1. The summed E-state index contributed by atoms with van der Waals surface area (Å²) in [5.74, 6) is 1.24. The molecule has 2 saturated heterocycles. The molecule has 3 N–H and O–H groups in total. The summed E-state index contributed by atoms with van der Waals surface area (Å²) in [5.41, 5.74) is 1.09. The molecule has 3 aliphatic rings. The molecular weight excluding hydrogens is 732 g/mol. The van der Waals surface area contributed by atoms with Crippen LogP contribution in [0.1, 0.15) is 86.2 Å². The number of aromatic nitrogens is 2. The molecule has 1 saturated carbocycles. The van der Waals surface area contributed by atoms with Gasteiger partial charge in [0.1, 0.15) is 41.2 Å². The van der Waals surface area contributed by atoms with Gasteiger partial charge in [-0.1, -0.05) is 45.9 Å². The second-order valence-electron chi connectivity index (χ2n) is 16.0. The highest BCUT2D eigenvalue weighted by atomic mass is 35.5. The fourth-order valence-electron chi connectivity index (χ4n) is 8.27. The van der Waals surface area contributed by atoms with Crippen molar-refractivity contribution in [2.24, 2.45) is 10.8 Å². The number of piperidine rings is 1. The molecule has 3 aromatic rings. The first-order valence-electron chi connectivity index (χ1n) is 19.2. The van der Waals surface area contributed by atoms with E-state index in [9.17, 15) is 19.6 Å². The molecule has 0 radical (unpaired) electrons. The maximum Gasteiger partial charge on any atom is 0.270 e. The number of piperazine rings is 1. The minimum atomic E-state index is -0.591. The SMILES string of the molecule is C=C1CCC(NC(=O)c2ccc(OCCCCCN3CCN(c4ccc(C(=O)NC5C(C)(C)C(Oc6ccc(C#N)c(Cl)c6)C5(C)C)cn4)CC3)cn2)C(=O)N1. The molecule has 4 heterocycles. The summed E-state index contributed by atoms with van der Waals surface area (Å²) in [6, 6.07) is 13.5. The van der Waals surface area contributed by atoms with Gasteiger partial charge in [0, 0.05) is 61.0 Å². The zero-order valence-corrected chi connectivity index (χ0v) is 33.3. The molecule has 13 nitrogen and oxygen atoms in total. The van der Waals surface area contributed by atoms with Gasteiger partial charge in [0.05, 0.1) is 29.0 Å². The summed E-state index contributed by atoms with van der Waals surface area (Å²) >= 11 is 6.23. The molecule has 3 amide bonds. The number of nitrogens with one attached hydrogen (secondary N) is 3. The minimum absolute atomic E-state index is 0.140. The lowest BCUT2D eigenvalue weighted by Crippen LogP contribution is -2.74. The van der Waals surface area contributed by atoms with E-state index in [0.29, 0.717) is 52.8 Å². The number of rotatable bonds is 14. The molecule has 2 aromatic heterocycles. The number of nitriles is 1. The fraction of sp³-hybridized carbons (Fsp3) is 0.476. The maximum absolute atomic E-state index is 13.4. The van der Waals surface area contributed by atoms with E-state index in [0.717, 1.165) is 57.8 Å². The summed E-state index contributed by atoms with van der Waals surface area (Å²) in [4.78, 5) is 51.6. The van der Waals surface area contributed by atoms with Crippen molar-refractivity contribution in [1.29, 1.82) is 5.26 Å². The minimum Gasteiger partial charge on any atom is -0.492 e. The molecule has 1 unspecified atom stereocenters. The first kappa shape index (κ1) is 40.5. The van der Waals surface area contributed by atoms with E-state index < -0.39 is 11.9 Å². The average molecular weight is 783 g/mol. The Kier molecular flexibility index (Phi) is 12.5. The standard InChI is InChI=1S/C42H51ClN8O5/c1-27-9-14-34(38(54)47-27)48-37(53)33-15-13-31(26-45-33)55-22-8-6-7-17-50-18-20-51(21-19-50)35-16-11-29(25-46-35)36(52)49-39-41(2,3)40(42(39,4)5)56-30-12-10-28(24-44)32(43)23-30/h10-13,15-16,23,25-26,34,39-40H,1,6-9,14,17-22H2,2-5H3,(H,47,54)(H,48,53)(H,49,52). The number of amides is 3. The van der Waals surface area contributed by atoms with Gasteiger partial charge in [0.25, 0.3) is 11.8 Å². The van der Waals surface area contributed by atoms with Crippen molar-refractivity contribution >= 4 is 35.1 Å². The lowest BCUT2D eigenvalue weighted by molar-refractivity contribution is -0.164. The Morgan fingerprint density at radius 3 is 2.36 bits per heavy atom. The number of allylic oxidation sites excluding steroid dienone is 1. The molecule has 6 rings (SSSR count). The second-order valence-corrected chi connectivity index (χ2v) is 16.4. The van der Waals surface area contributed by atoms with Gasteiger partial charge in [0.2, 0.25) is 5.91 Å². The summed E-state index contributed by atoms with van der Waals surface area (Å²) < 4.78 is 12.2. The third-order valence-corrected chi connectivity index (χ3v) is 11.5. The highest BCUT2D eigenvalue weighted by molar-refractivity contribution is 6.31. The molecule has 14 heteroatoms. The van der Waals surface area contributed by atoms with Gasteiger partial charge in [-0.3, -0.25) is 19.3 Å². The van der Waals surface area contributed by atoms with Crippen LogP contribution in [0.4, 0.5) is 5.82 Å². The van der Waals surface area contributed by atoms with E-state index in [1.807, 2.05) is 12.1 Å². The van der Waals surface area contributed by atoms with Crippen LogP contribution in [0.3, 0.4) is 0 Å². The van der Waals surface area contributed by atoms with Crippen molar-refractivity contribution in [2.75, 3.05) is 44.2 Å². The van der Waals surface area contributed by atoms with E-state index in [1.165, 1.54) is 6.20 Å². The number of hydrogen-bond donors (Lipinski definition) is 3. The number of nitrogens with zero attached hydrogens (tertiary/aromatic N) is 5. The van der Waals surface area contributed by atoms with Crippen LogP contribution >= 0.6 is 11.6 Å². The Balaban J connectivity index is 0.865. The number of benzene rings is 1. The van der Waals surface area contributed by atoms with Crippen LogP contribution in [0.5, 0.6) is 11.5 Å². The molecule has 1 aliphatic carbocycles. The van der Waals surface area contributed by atoms with Crippen LogP contribution in [-0.4, -0.2) is 90.1 Å². The maximum atomic E-state index is 13.4. The largest absolute Gasteiger partial charge is 0.492 e. The highest BCUT2D eigenvalue weighted by Gasteiger charge is 2.64. The van der Waals surface area contributed by atoms with Gasteiger partial charge < -0.3 is 30.3 Å². The number of anilines is 1. The Morgan fingerprint density at radius 1 is 0.964 bits per heavy atom. The number of hydrogen-bond acceptors (Lipinski definition) is 10. The number of carbonyl (C=O) groups is 3. The normalized spacial score (nSPS) is 21.6. The van der Waals surface area contributed by atoms with Gasteiger partial charge in [-0.15, -0.1) is 0 Å². The van der Waals surface area contributed by atoms with Gasteiger partial charge >= 0.3 is 0 Å². The number of ether oxygens (including phenoxy) is 2. The van der Waals surface area contributed by atoms with Crippen molar-refractivity contribution in [3.8, 4) is 17.6 Å². The molecule has 1 aromatic carbocycles. The number of pyridine rings is 2. The van der Waals surface area contributed by atoms with Crippen LogP contribution in [0.2, 0.25) is 5.02 Å². The van der Waals surface area contributed by atoms with Crippen molar-refractivity contribution in [2.45, 2.75) is 78.0 Å². The van der Waals surface area contributed by atoms with E-state index in [-0.39, 0.29) is 40.5 Å². The Hall–Kier alpha value is -5.19. The lowest BCUT2D eigenvalue weighted by Gasteiger charge is -2.63. The monoisotopic (exact) mass is 782 g/mol. The molecule has 1 atom stereocenters. The summed E-state index contributed by atoms with van der Waals surface area (Å²) in [6.07, 6.45) is 7.16. The average Bonchev–Trinajstić information content (AvgIpc) is 3.18. The quantitative estimate of drug-likeness (QED) is 0.178. The third kappa shape index (κ3) is 9.25. The van der Waals surface area contributed by atoms with Crippen LogP contribution in [0.15, 0.2) is 67.1 Å². The zero-order chi connectivity index (χ0) is 40.0. The van der Waals surface area contributed by atoms with Crippen LogP contribution in [-0.2, 0) is 4.79 Å². The van der Waals surface area contributed by atoms with E-state index in [2.05, 4.69) is 76.1 Å². The van der Waals surface area contributed by atoms with E-state index in [4.69, 9.17) is 21.1 Å². The molecule has 2 aliphatic heterocycles. The predicted octanol–water partition coefficient (Wildman–Crippen LogP) is 5.51. The summed E-state index contributed by atoms with van der Waals surface area (Å²) in [7, 11) is 0. The molecule has 56 heavy (non-hydrogen) atoms. The molecular formula is C42H51ClN8O5. The second kappa shape index (κ2) is 17.3. The van der Waals surface area contributed by atoms with Crippen LogP contribution in [0.25, 0.3) is 0 Å². The topological polar surface area (TPSA) is 162 Å². The first-order valence-corrected chi connectivity index (χ1v) is 19.6. The molecule has 0 bridgehead atoms. The highest BCUT2D eigenvalue weighted by Crippen LogP contribution is 2.55. The van der Waals surface area contributed by atoms with Gasteiger partial charge in [-0.2, -0.15) is 5.26 Å². The van der Waals surface area contributed by atoms with Crippen molar-refractivity contribution in [3.05, 3.63) is 89.0 Å². The van der Waals surface area contributed by atoms with Crippen LogP contribution < -0.4 is 30.3 Å². The predicted molar refractivity (Wildman–Crippen MR) is 214 cm³/mol. The fourth-order valence-corrected chi connectivity index (χ4v) is 8.48. The van der Waals surface area contributed by atoms with Crippen molar-refractivity contribution < 1.29 is 23.9 Å². The third-order valence-electron chi connectivity index (χ3n) is 11.1. The molecule has 296 valence electrons. The van der Waals surface area contributed by atoms with Crippen molar-refractivity contribution in [3.63, 3.8) is 0 Å². The van der Waals surface area contributed by atoms with Crippen LogP contribution in [0, 0.1) is 22.2 Å². The van der Waals surface area contributed by atoms with Gasteiger partial charge in [-0.05, 0) is 75.0 Å².